The molecule has 0 saturated carbocycles. The Bertz CT molecular complexity index is 507. The summed E-state index contributed by atoms with van der Waals surface area (Å²) in [6.45, 7) is 0.0662. The molecule has 0 amide bonds. The molecule has 0 atom stereocenters. The molecule has 2 aromatic carbocycles. The molecule has 0 aromatic heterocycles. The van der Waals surface area contributed by atoms with E-state index < -0.39 is 0 Å². The van der Waals surface area contributed by atoms with Gasteiger partial charge in [-0.1, -0.05) is 48.7 Å². The van der Waals surface area contributed by atoms with E-state index in [4.69, 9.17) is 11.6 Å². The normalized spacial score (nSPS) is 11.0. The summed E-state index contributed by atoms with van der Waals surface area (Å²) in [6.07, 6.45) is 5.29. The average molecular weight is 262 g/mol. The molecule has 0 aliphatic rings. The molecule has 0 saturated heterocycles. The van der Waals surface area contributed by atoms with E-state index in [-0.39, 0.29) is 6.61 Å². The zero-order valence-corrected chi connectivity index (χ0v) is 11.2. The summed E-state index contributed by atoms with van der Waals surface area (Å²) >= 11 is 5.97. The third-order valence-corrected chi connectivity index (χ3v) is 3.46. The topological polar surface area (TPSA) is 19.9 Å². The molecule has 2 aromatic rings. The molecular formula is C16H18ClO. The van der Waals surface area contributed by atoms with Crippen molar-refractivity contribution < 1.29 is 5.11 Å². The fourth-order valence-electron chi connectivity index (χ4n) is 2.21. The van der Waals surface area contributed by atoms with Gasteiger partial charge >= 0.3 is 0 Å². The lowest BCUT2D eigenvalue weighted by atomic mass is 10.0. The lowest BCUT2D eigenvalue weighted by Crippen LogP contribution is -1.87. The largest absolute Gasteiger partial charge is 0.237 e. The second kappa shape index (κ2) is 6.77. The SMILES string of the molecule is [O]CCCCCCc1ccc2cc(Cl)ccc2c1. The molecule has 2 heteroatoms. The average Bonchev–Trinajstić information content (AvgIpc) is 2.38. The molecule has 2 rings (SSSR count). The first kappa shape index (κ1) is 13.4. The Morgan fingerprint density at radius 3 is 2.39 bits per heavy atom. The molecule has 1 radical (unpaired) electrons. The molecule has 0 N–H and O–H groups in total. The minimum Gasteiger partial charge on any atom is -0.237 e. The summed E-state index contributed by atoms with van der Waals surface area (Å²) in [6, 6.07) is 12.5. The Morgan fingerprint density at radius 1 is 0.833 bits per heavy atom. The number of hydrogen-bond donors (Lipinski definition) is 0. The maximum absolute atomic E-state index is 10.3. The lowest BCUT2D eigenvalue weighted by Gasteiger charge is -2.04. The molecule has 0 spiro atoms. The fourth-order valence-corrected chi connectivity index (χ4v) is 2.39. The van der Waals surface area contributed by atoms with E-state index in [0.717, 1.165) is 30.7 Å². The molecule has 0 unspecified atom stereocenters. The van der Waals surface area contributed by atoms with Crippen LogP contribution in [-0.4, -0.2) is 6.61 Å². The molecule has 0 aliphatic heterocycles. The van der Waals surface area contributed by atoms with Crippen molar-refractivity contribution in [1.29, 1.82) is 0 Å². The van der Waals surface area contributed by atoms with Gasteiger partial charge in [-0.05, 0) is 47.7 Å². The maximum Gasteiger partial charge on any atom is 0.0822 e. The molecular weight excluding hydrogens is 244 g/mol. The number of halogens is 1. The van der Waals surface area contributed by atoms with Crippen LogP contribution in [0.1, 0.15) is 31.2 Å². The van der Waals surface area contributed by atoms with E-state index in [9.17, 15) is 5.11 Å². The van der Waals surface area contributed by atoms with Crippen LogP contribution in [0.25, 0.3) is 10.8 Å². The Balaban J connectivity index is 1.95. The highest BCUT2D eigenvalue weighted by molar-refractivity contribution is 6.31. The highest BCUT2D eigenvalue weighted by atomic mass is 35.5. The first-order valence-corrected chi connectivity index (χ1v) is 6.94. The van der Waals surface area contributed by atoms with Gasteiger partial charge in [0.05, 0.1) is 6.61 Å². The monoisotopic (exact) mass is 261 g/mol. The minimum atomic E-state index is 0.0662. The van der Waals surface area contributed by atoms with Crippen LogP contribution in [0.5, 0.6) is 0 Å². The summed E-state index contributed by atoms with van der Waals surface area (Å²) in [7, 11) is 0. The zero-order chi connectivity index (χ0) is 12.8. The van der Waals surface area contributed by atoms with Crippen LogP contribution in [0.4, 0.5) is 0 Å². The second-order valence-electron chi connectivity index (χ2n) is 4.69. The summed E-state index contributed by atoms with van der Waals surface area (Å²) in [5, 5.41) is 13.6. The summed E-state index contributed by atoms with van der Waals surface area (Å²) < 4.78 is 0. The summed E-state index contributed by atoms with van der Waals surface area (Å²) in [4.78, 5) is 0. The van der Waals surface area contributed by atoms with Crippen molar-refractivity contribution in [3.05, 3.63) is 47.0 Å². The number of unbranched alkanes of at least 4 members (excludes halogenated alkanes) is 3. The third-order valence-electron chi connectivity index (χ3n) is 3.23. The van der Waals surface area contributed by atoms with Crippen molar-refractivity contribution in [1.82, 2.24) is 0 Å². The van der Waals surface area contributed by atoms with Gasteiger partial charge in [0.25, 0.3) is 0 Å². The van der Waals surface area contributed by atoms with Crippen LogP contribution in [0.2, 0.25) is 5.02 Å². The minimum absolute atomic E-state index is 0.0662. The van der Waals surface area contributed by atoms with Crippen molar-refractivity contribution in [3.63, 3.8) is 0 Å². The molecule has 1 nitrogen and oxygen atoms in total. The quantitative estimate of drug-likeness (QED) is 0.650. The number of benzene rings is 2. The number of rotatable bonds is 6. The van der Waals surface area contributed by atoms with Gasteiger partial charge < -0.3 is 0 Å². The molecule has 0 bridgehead atoms. The van der Waals surface area contributed by atoms with Gasteiger partial charge in [0.2, 0.25) is 0 Å². The van der Waals surface area contributed by atoms with Crippen LogP contribution < -0.4 is 0 Å². The molecule has 0 heterocycles. The van der Waals surface area contributed by atoms with Gasteiger partial charge in [0.15, 0.2) is 0 Å². The molecule has 0 fully saturated rings. The predicted molar refractivity (Wildman–Crippen MR) is 76.7 cm³/mol. The zero-order valence-electron chi connectivity index (χ0n) is 10.5. The van der Waals surface area contributed by atoms with Gasteiger partial charge in [0, 0.05) is 5.02 Å². The van der Waals surface area contributed by atoms with Crippen molar-refractivity contribution >= 4 is 22.4 Å². The van der Waals surface area contributed by atoms with Gasteiger partial charge in [-0.2, -0.15) is 0 Å². The highest BCUT2D eigenvalue weighted by Gasteiger charge is 1.98. The Kier molecular flexibility index (Phi) is 5.03. The number of aryl methyl sites for hydroxylation is 1. The van der Waals surface area contributed by atoms with Gasteiger partial charge in [0.1, 0.15) is 0 Å². The standard InChI is InChI=1S/C16H18ClO/c17-16-9-8-14-11-13(6-7-15(14)12-16)5-3-1-2-4-10-18/h6-9,11-12H,1-5,10H2. The Hall–Kier alpha value is -1.05. The van der Waals surface area contributed by atoms with Crippen LogP contribution in [-0.2, 0) is 11.5 Å². The number of fused-ring (bicyclic) bond motifs is 1. The Labute approximate surface area is 113 Å². The van der Waals surface area contributed by atoms with Crippen molar-refractivity contribution in [2.24, 2.45) is 0 Å². The summed E-state index contributed by atoms with van der Waals surface area (Å²) in [5.74, 6) is 0. The van der Waals surface area contributed by atoms with Crippen LogP contribution >= 0.6 is 11.6 Å². The number of hydrogen-bond acceptors (Lipinski definition) is 0. The van der Waals surface area contributed by atoms with E-state index >= 15 is 0 Å². The van der Waals surface area contributed by atoms with Crippen LogP contribution in [0.3, 0.4) is 0 Å². The predicted octanol–water partition coefficient (Wildman–Crippen LogP) is 5.03. The van der Waals surface area contributed by atoms with Crippen molar-refractivity contribution in [3.8, 4) is 0 Å². The maximum atomic E-state index is 10.3. The van der Waals surface area contributed by atoms with Crippen LogP contribution in [0, 0.1) is 0 Å². The van der Waals surface area contributed by atoms with Gasteiger partial charge in [-0.3, -0.25) is 0 Å². The van der Waals surface area contributed by atoms with E-state index in [1.165, 1.54) is 22.8 Å². The van der Waals surface area contributed by atoms with Crippen molar-refractivity contribution in [2.75, 3.05) is 6.61 Å². The van der Waals surface area contributed by atoms with E-state index in [0.29, 0.717) is 0 Å². The molecule has 18 heavy (non-hydrogen) atoms. The van der Waals surface area contributed by atoms with Crippen molar-refractivity contribution in [2.45, 2.75) is 32.1 Å². The smallest absolute Gasteiger partial charge is 0.0822 e. The third kappa shape index (κ3) is 3.72. The van der Waals surface area contributed by atoms with Gasteiger partial charge in [-0.15, -0.1) is 0 Å². The van der Waals surface area contributed by atoms with Crippen LogP contribution in [0.15, 0.2) is 36.4 Å². The van der Waals surface area contributed by atoms with Gasteiger partial charge in [-0.25, -0.2) is 5.11 Å². The van der Waals surface area contributed by atoms with E-state index in [1.54, 1.807) is 0 Å². The highest BCUT2D eigenvalue weighted by Crippen LogP contribution is 2.21. The second-order valence-corrected chi connectivity index (χ2v) is 5.13. The molecule has 0 aliphatic carbocycles. The first-order chi connectivity index (χ1) is 8.79. The first-order valence-electron chi connectivity index (χ1n) is 6.56. The molecule has 95 valence electrons. The van der Waals surface area contributed by atoms with E-state index in [1.807, 2.05) is 12.1 Å². The fraction of sp³-hybridized carbons (Fsp3) is 0.375. The Morgan fingerprint density at radius 2 is 1.56 bits per heavy atom. The van der Waals surface area contributed by atoms with E-state index in [2.05, 4.69) is 24.3 Å². The summed E-state index contributed by atoms with van der Waals surface area (Å²) in [5.41, 5.74) is 1.37. The lowest BCUT2D eigenvalue weighted by molar-refractivity contribution is 0.186.